The first-order valence-electron chi connectivity index (χ1n) is 5.47. The van der Waals surface area contributed by atoms with Gasteiger partial charge in [0.05, 0.1) is 12.5 Å². The van der Waals surface area contributed by atoms with E-state index in [1.54, 1.807) is 12.1 Å². The summed E-state index contributed by atoms with van der Waals surface area (Å²) in [6.45, 7) is 1.95. The van der Waals surface area contributed by atoms with Gasteiger partial charge >= 0.3 is 0 Å². The van der Waals surface area contributed by atoms with E-state index in [0.29, 0.717) is 18.1 Å². The molecule has 5 nitrogen and oxygen atoms in total. The van der Waals surface area contributed by atoms with Crippen LogP contribution in [-0.2, 0) is 6.42 Å². The Bertz CT molecular complexity index is 496. The zero-order valence-corrected chi connectivity index (χ0v) is 9.84. The van der Waals surface area contributed by atoms with Gasteiger partial charge in [-0.1, -0.05) is 23.4 Å². The molecule has 1 heterocycles. The molecule has 0 radical (unpaired) electrons. The van der Waals surface area contributed by atoms with Crippen LogP contribution >= 0.6 is 0 Å². The highest BCUT2D eigenvalue weighted by molar-refractivity contribution is 5.33. The maximum absolute atomic E-state index is 9.63. The van der Waals surface area contributed by atoms with Gasteiger partial charge < -0.3 is 14.9 Å². The van der Waals surface area contributed by atoms with Crippen LogP contribution in [0.5, 0.6) is 5.75 Å². The van der Waals surface area contributed by atoms with Crippen molar-refractivity contribution in [3.8, 4) is 5.75 Å². The van der Waals surface area contributed by atoms with Gasteiger partial charge in [0.2, 0.25) is 5.89 Å². The number of aromatic hydroxyl groups is 1. The molecule has 0 amide bonds. The highest BCUT2D eigenvalue weighted by Crippen LogP contribution is 2.19. The van der Waals surface area contributed by atoms with Crippen molar-refractivity contribution >= 4 is 0 Å². The fourth-order valence-electron chi connectivity index (χ4n) is 1.47. The van der Waals surface area contributed by atoms with Gasteiger partial charge in [0.15, 0.2) is 5.82 Å². The minimum atomic E-state index is 0.0527. The van der Waals surface area contributed by atoms with Gasteiger partial charge in [-0.25, -0.2) is 0 Å². The normalized spacial score (nSPS) is 12.6. The lowest BCUT2D eigenvalue weighted by atomic mass is 10.1. The molecule has 2 aromatic rings. The lowest BCUT2D eigenvalue weighted by Crippen LogP contribution is -2.13. The van der Waals surface area contributed by atoms with Gasteiger partial charge in [0, 0.05) is 5.56 Å². The molecule has 0 fully saturated rings. The molecule has 1 aromatic carbocycles. The number of aromatic nitrogens is 2. The predicted molar refractivity (Wildman–Crippen MR) is 62.7 cm³/mol. The molecule has 90 valence electrons. The van der Waals surface area contributed by atoms with Crippen molar-refractivity contribution in [1.82, 2.24) is 15.5 Å². The summed E-state index contributed by atoms with van der Waals surface area (Å²) in [6.07, 6.45) is 0.441. The largest absolute Gasteiger partial charge is 0.508 e. The second kappa shape index (κ2) is 4.97. The van der Waals surface area contributed by atoms with Crippen LogP contribution in [0, 0.1) is 0 Å². The summed E-state index contributed by atoms with van der Waals surface area (Å²) in [5.41, 5.74) is 0.778. The molecule has 1 aromatic heterocycles. The van der Waals surface area contributed by atoms with Crippen molar-refractivity contribution in [1.29, 1.82) is 0 Å². The summed E-state index contributed by atoms with van der Waals surface area (Å²) in [6, 6.07) is 7.17. The van der Waals surface area contributed by atoms with E-state index in [0.717, 1.165) is 5.56 Å². The predicted octanol–water partition coefficient (Wildman–Crippen LogP) is 1.65. The number of nitrogens with one attached hydrogen (secondary N) is 1. The zero-order chi connectivity index (χ0) is 12.3. The first-order valence-corrected chi connectivity index (χ1v) is 5.47. The first kappa shape index (κ1) is 11.6. The number of phenols is 1. The van der Waals surface area contributed by atoms with E-state index in [9.17, 15) is 5.11 Å². The van der Waals surface area contributed by atoms with Crippen LogP contribution in [0.2, 0.25) is 0 Å². The standard InChI is InChI=1S/C12H15N3O2/c1-8(13-2)12-14-11(17-15-12)7-9-5-3-4-6-10(9)16/h3-6,8,13,16H,7H2,1-2H3. The Morgan fingerprint density at radius 2 is 2.18 bits per heavy atom. The second-order valence-corrected chi connectivity index (χ2v) is 3.86. The smallest absolute Gasteiger partial charge is 0.231 e. The van der Waals surface area contributed by atoms with Crippen molar-refractivity contribution in [2.24, 2.45) is 0 Å². The minimum Gasteiger partial charge on any atom is -0.508 e. The Kier molecular flexibility index (Phi) is 3.39. The third-order valence-electron chi connectivity index (χ3n) is 2.64. The third kappa shape index (κ3) is 2.62. The summed E-state index contributed by atoms with van der Waals surface area (Å²) in [5, 5.41) is 16.5. The molecule has 1 unspecified atom stereocenters. The van der Waals surface area contributed by atoms with Crippen LogP contribution in [0.1, 0.15) is 30.2 Å². The summed E-state index contributed by atoms with van der Waals surface area (Å²) >= 11 is 0. The SMILES string of the molecule is CNC(C)c1noc(Cc2ccccc2O)n1. The number of phenolic OH excluding ortho intramolecular Hbond substituents is 1. The molecular weight excluding hydrogens is 218 g/mol. The Morgan fingerprint density at radius 1 is 1.41 bits per heavy atom. The van der Waals surface area contributed by atoms with E-state index in [2.05, 4.69) is 15.5 Å². The zero-order valence-electron chi connectivity index (χ0n) is 9.84. The summed E-state index contributed by atoms with van der Waals surface area (Å²) in [4.78, 5) is 4.27. The molecule has 0 spiro atoms. The highest BCUT2D eigenvalue weighted by atomic mass is 16.5. The molecular formula is C12H15N3O2. The van der Waals surface area contributed by atoms with E-state index >= 15 is 0 Å². The maximum Gasteiger partial charge on any atom is 0.231 e. The van der Waals surface area contributed by atoms with E-state index in [1.165, 1.54) is 0 Å². The number of hydrogen-bond donors (Lipinski definition) is 2. The van der Waals surface area contributed by atoms with Gasteiger partial charge in [0.25, 0.3) is 0 Å². The quantitative estimate of drug-likeness (QED) is 0.840. The van der Waals surface area contributed by atoms with Crippen LogP contribution in [-0.4, -0.2) is 22.3 Å². The van der Waals surface area contributed by atoms with Crippen molar-refractivity contribution in [2.75, 3.05) is 7.05 Å². The van der Waals surface area contributed by atoms with Crippen LogP contribution < -0.4 is 5.32 Å². The topological polar surface area (TPSA) is 71.2 Å². The Balaban J connectivity index is 2.14. The number of para-hydroxylation sites is 1. The van der Waals surface area contributed by atoms with Gasteiger partial charge in [-0.3, -0.25) is 0 Å². The first-order chi connectivity index (χ1) is 8.20. The molecule has 17 heavy (non-hydrogen) atoms. The molecule has 0 aliphatic carbocycles. The van der Waals surface area contributed by atoms with Gasteiger partial charge in [0.1, 0.15) is 5.75 Å². The molecule has 2 rings (SSSR count). The van der Waals surface area contributed by atoms with Crippen molar-refractivity contribution in [3.05, 3.63) is 41.5 Å². The summed E-state index contributed by atoms with van der Waals surface area (Å²) in [7, 11) is 1.84. The Hall–Kier alpha value is -1.88. The van der Waals surface area contributed by atoms with Crippen LogP contribution in [0.15, 0.2) is 28.8 Å². The highest BCUT2D eigenvalue weighted by Gasteiger charge is 2.13. The molecule has 5 heteroatoms. The van der Waals surface area contributed by atoms with Crippen molar-refractivity contribution < 1.29 is 9.63 Å². The lowest BCUT2D eigenvalue weighted by molar-refractivity contribution is 0.372. The summed E-state index contributed by atoms with van der Waals surface area (Å²) in [5.74, 6) is 1.37. The van der Waals surface area contributed by atoms with Crippen LogP contribution in [0.25, 0.3) is 0 Å². The van der Waals surface area contributed by atoms with E-state index in [1.807, 2.05) is 26.1 Å². The van der Waals surface area contributed by atoms with E-state index < -0.39 is 0 Å². The van der Waals surface area contributed by atoms with E-state index in [-0.39, 0.29) is 11.8 Å². The molecule has 1 atom stereocenters. The average molecular weight is 233 g/mol. The number of benzene rings is 1. The van der Waals surface area contributed by atoms with Gasteiger partial charge in [-0.15, -0.1) is 0 Å². The average Bonchev–Trinajstić information content (AvgIpc) is 2.80. The Labute approximate surface area is 99.5 Å². The Morgan fingerprint density at radius 3 is 2.88 bits per heavy atom. The number of hydrogen-bond acceptors (Lipinski definition) is 5. The molecule has 0 aliphatic heterocycles. The molecule has 0 bridgehead atoms. The molecule has 2 N–H and O–H groups in total. The fraction of sp³-hybridized carbons (Fsp3) is 0.333. The molecule has 0 saturated carbocycles. The molecule has 0 aliphatic rings. The third-order valence-corrected chi connectivity index (χ3v) is 2.64. The maximum atomic E-state index is 9.63. The summed E-state index contributed by atoms with van der Waals surface area (Å²) < 4.78 is 5.13. The van der Waals surface area contributed by atoms with Gasteiger partial charge in [-0.2, -0.15) is 4.98 Å². The van der Waals surface area contributed by atoms with Crippen LogP contribution in [0.4, 0.5) is 0 Å². The number of nitrogens with zero attached hydrogens (tertiary/aromatic N) is 2. The van der Waals surface area contributed by atoms with Crippen molar-refractivity contribution in [2.45, 2.75) is 19.4 Å². The minimum absolute atomic E-state index is 0.0527. The monoisotopic (exact) mass is 233 g/mol. The van der Waals surface area contributed by atoms with Crippen LogP contribution in [0.3, 0.4) is 0 Å². The van der Waals surface area contributed by atoms with Gasteiger partial charge in [-0.05, 0) is 20.0 Å². The van der Waals surface area contributed by atoms with E-state index in [4.69, 9.17) is 4.52 Å². The molecule has 0 saturated heterocycles. The lowest BCUT2D eigenvalue weighted by Gasteiger charge is -2.02. The second-order valence-electron chi connectivity index (χ2n) is 3.86. The fourth-order valence-corrected chi connectivity index (χ4v) is 1.47. The number of rotatable bonds is 4. The van der Waals surface area contributed by atoms with Crippen molar-refractivity contribution in [3.63, 3.8) is 0 Å².